The van der Waals surface area contributed by atoms with Gasteiger partial charge in [-0.1, -0.05) is 6.92 Å². The molecule has 104 valence electrons. The zero-order valence-electron chi connectivity index (χ0n) is 10.3. The van der Waals surface area contributed by atoms with E-state index in [1.54, 1.807) is 6.20 Å². The molecule has 0 saturated carbocycles. The molecule has 0 spiro atoms. The number of hydrogen-bond donors (Lipinski definition) is 1. The first-order valence-electron chi connectivity index (χ1n) is 5.55. The van der Waals surface area contributed by atoms with E-state index in [1.165, 1.54) is 11.8 Å². The summed E-state index contributed by atoms with van der Waals surface area (Å²) in [5.41, 5.74) is -0.889. The zero-order chi connectivity index (χ0) is 14.7. The van der Waals surface area contributed by atoms with Crippen molar-refractivity contribution in [2.24, 2.45) is 0 Å². The fourth-order valence-electron chi connectivity index (χ4n) is 1.50. The van der Waals surface area contributed by atoms with Gasteiger partial charge in [0.1, 0.15) is 11.9 Å². The summed E-state index contributed by atoms with van der Waals surface area (Å²) in [6.07, 6.45) is 2.52. The number of thioether (sulfide) groups is 1. The Bertz CT molecular complexity index is 719. The maximum Gasteiger partial charge on any atom is 0.351 e. The Morgan fingerprint density at radius 3 is 2.80 bits per heavy atom. The lowest BCUT2D eigenvalue weighted by Crippen LogP contribution is -2.13. The first kappa shape index (κ1) is 14.7. The molecule has 0 aromatic carbocycles. The summed E-state index contributed by atoms with van der Waals surface area (Å²) in [4.78, 5) is 32.8. The van der Waals surface area contributed by atoms with Crippen LogP contribution in [0, 0.1) is 10.1 Å². The standard InChI is InChI=1S/C11H9BrN4O3S/c1-2-20-8-3-6(12)4-13-9(8)10-14-5-7(16(18)19)11(17)15-10/h3-5H,2H2,1H3,(H,14,15,17). The van der Waals surface area contributed by atoms with Crippen LogP contribution in [0.1, 0.15) is 6.92 Å². The van der Waals surface area contributed by atoms with Gasteiger partial charge in [-0.2, -0.15) is 0 Å². The molecule has 1 N–H and O–H groups in total. The van der Waals surface area contributed by atoms with E-state index in [-0.39, 0.29) is 5.82 Å². The van der Waals surface area contributed by atoms with Crippen LogP contribution in [-0.2, 0) is 0 Å². The number of rotatable bonds is 4. The molecule has 0 atom stereocenters. The highest BCUT2D eigenvalue weighted by atomic mass is 79.9. The number of nitro groups is 1. The first-order chi connectivity index (χ1) is 9.52. The Balaban J connectivity index is 2.54. The summed E-state index contributed by atoms with van der Waals surface area (Å²) >= 11 is 4.87. The van der Waals surface area contributed by atoms with Crippen LogP contribution < -0.4 is 5.56 Å². The van der Waals surface area contributed by atoms with Crippen molar-refractivity contribution in [1.82, 2.24) is 15.0 Å². The molecule has 2 aromatic heterocycles. The van der Waals surface area contributed by atoms with Gasteiger partial charge in [-0.15, -0.1) is 11.8 Å². The van der Waals surface area contributed by atoms with Gasteiger partial charge < -0.3 is 0 Å². The third kappa shape index (κ3) is 3.05. The average molecular weight is 357 g/mol. The maximum absolute atomic E-state index is 11.6. The van der Waals surface area contributed by atoms with Crippen molar-refractivity contribution in [2.45, 2.75) is 11.8 Å². The second-order valence-corrected chi connectivity index (χ2v) is 5.86. The summed E-state index contributed by atoms with van der Waals surface area (Å²) < 4.78 is 0.807. The zero-order valence-corrected chi connectivity index (χ0v) is 12.7. The van der Waals surface area contributed by atoms with E-state index < -0.39 is 16.2 Å². The van der Waals surface area contributed by atoms with E-state index in [4.69, 9.17) is 0 Å². The number of nitrogens with one attached hydrogen (secondary N) is 1. The maximum atomic E-state index is 11.6. The van der Waals surface area contributed by atoms with Gasteiger partial charge in [0.2, 0.25) is 0 Å². The quantitative estimate of drug-likeness (QED) is 0.513. The van der Waals surface area contributed by atoms with Gasteiger partial charge in [0.15, 0.2) is 5.82 Å². The predicted molar refractivity (Wildman–Crippen MR) is 78.8 cm³/mol. The molecule has 20 heavy (non-hydrogen) atoms. The predicted octanol–water partition coefficient (Wildman–Crippen LogP) is 2.61. The SMILES string of the molecule is CCSc1cc(Br)cnc1-c1ncc([N+](=O)[O-])c(=O)[nH]1. The Hall–Kier alpha value is -1.74. The Kier molecular flexibility index (Phi) is 4.50. The number of pyridine rings is 1. The smallest absolute Gasteiger partial charge is 0.299 e. The number of aromatic amines is 1. The van der Waals surface area contributed by atoms with Crippen molar-refractivity contribution in [3.8, 4) is 11.5 Å². The summed E-state index contributed by atoms with van der Waals surface area (Å²) in [6.45, 7) is 1.99. The minimum atomic E-state index is -0.794. The number of aromatic nitrogens is 3. The van der Waals surface area contributed by atoms with Gasteiger partial charge in [-0.05, 0) is 27.7 Å². The Labute approximate surface area is 126 Å². The molecule has 9 heteroatoms. The molecule has 0 fully saturated rings. The van der Waals surface area contributed by atoms with Crippen LogP contribution >= 0.6 is 27.7 Å². The molecule has 0 bridgehead atoms. The van der Waals surface area contributed by atoms with Crippen LogP contribution in [0.15, 0.2) is 32.6 Å². The molecule has 0 saturated heterocycles. The normalized spacial score (nSPS) is 10.5. The average Bonchev–Trinajstić information content (AvgIpc) is 2.38. The fraction of sp³-hybridized carbons (Fsp3) is 0.182. The van der Waals surface area contributed by atoms with Gasteiger partial charge in [-0.3, -0.25) is 24.9 Å². The van der Waals surface area contributed by atoms with E-state index >= 15 is 0 Å². The summed E-state index contributed by atoms with van der Waals surface area (Å²) in [6, 6.07) is 1.86. The van der Waals surface area contributed by atoms with Crippen LogP contribution in [0.3, 0.4) is 0 Å². The Morgan fingerprint density at radius 1 is 1.45 bits per heavy atom. The molecule has 0 aliphatic rings. The summed E-state index contributed by atoms with van der Waals surface area (Å²) in [5, 5.41) is 10.6. The first-order valence-corrected chi connectivity index (χ1v) is 7.33. The topological polar surface area (TPSA) is 102 Å². The van der Waals surface area contributed by atoms with Crippen molar-refractivity contribution in [1.29, 1.82) is 0 Å². The lowest BCUT2D eigenvalue weighted by Gasteiger charge is -2.06. The molecule has 0 radical (unpaired) electrons. The summed E-state index contributed by atoms with van der Waals surface area (Å²) in [5.74, 6) is 1.03. The monoisotopic (exact) mass is 356 g/mol. The fourth-order valence-corrected chi connectivity index (χ4v) is 2.79. The molecule has 0 aliphatic heterocycles. The van der Waals surface area contributed by atoms with E-state index in [2.05, 4.69) is 30.9 Å². The van der Waals surface area contributed by atoms with Gasteiger partial charge in [-0.25, -0.2) is 4.98 Å². The van der Waals surface area contributed by atoms with Gasteiger partial charge in [0.05, 0.1) is 4.92 Å². The van der Waals surface area contributed by atoms with E-state index in [0.717, 1.165) is 21.3 Å². The number of hydrogen-bond acceptors (Lipinski definition) is 6. The molecule has 7 nitrogen and oxygen atoms in total. The van der Waals surface area contributed by atoms with Crippen LogP contribution in [0.25, 0.3) is 11.5 Å². The highest BCUT2D eigenvalue weighted by molar-refractivity contribution is 9.10. The number of halogens is 1. The van der Waals surface area contributed by atoms with Gasteiger partial charge in [0, 0.05) is 15.6 Å². The molecule has 0 aliphatic carbocycles. The van der Waals surface area contributed by atoms with E-state index in [1.807, 2.05) is 13.0 Å². The lowest BCUT2D eigenvalue weighted by molar-refractivity contribution is -0.386. The second kappa shape index (κ2) is 6.14. The molecule has 2 aromatic rings. The number of H-pyrrole nitrogens is 1. The van der Waals surface area contributed by atoms with Crippen molar-refractivity contribution in [3.05, 3.63) is 43.4 Å². The van der Waals surface area contributed by atoms with E-state index in [9.17, 15) is 14.9 Å². The van der Waals surface area contributed by atoms with Crippen molar-refractivity contribution < 1.29 is 4.92 Å². The third-order valence-electron chi connectivity index (χ3n) is 2.32. The van der Waals surface area contributed by atoms with Crippen LogP contribution in [0.4, 0.5) is 5.69 Å². The molecule has 0 unspecified atom stereocenters. The lowest BCUT2D eigenvalue weighted by atomic mass is 10.3. The second-order valence-electron chi connectivity index (χ2n) is 3.64. The van der Waals surface area contributed by atoms with E-state index in [0.29, 0.717) is 5.69 Å². The van der Waals surface area contributed by atoms with Crippen LogP contribution in [0.2, 0.25) is 0 Å². The van der Waals surface area contributed by atoms with Crippen molar-refractivity contribution >= 4 is 33.4 Å². The van der Waals surface area contributed by atoms with Crippen LogP contribution in [-0.4, -0.2) is 25.6 Å². The highest BCUT2D eigenvalue weighted by Crippen LogP contribution is 2.29. The molecule has 2 heterocycles. The minimum absolute atomic E-state index is 0.212. The van der Waals surface area contributed by atoms with Gasteiger partial charge in [0.25, 0.3) is 0 Å². The largest absolute Gasteiger partial charge is 0.351 e. The molecule has 0 amide bonds. The molecule has 2 rings (SSSR count). The minimum Gasteiger partial charge on any atom is -0.299 e. The molecular weight excluding hydrogens is 348 g/mol. The van der Waals surface area contributed by atoms with Crippen molar-refractivity contribution in [3.63, 3.8) is 0 Å². The van der Waals surface area contributed by atoms with Gasteiger partial charge >= 0.3 is 11.2 Å². The number of nitrogens with zero attached hydrogens (tertiary/aromatic N) is 3. The Morgan fingerprint density at radius 2 is 2.20 bits per heavy atom. The highest BCUT2D eigenvalue weighted by Gasteiger charge is 2.16. The third-order valence-corrected chi connectivity index (χ3v) is 3.67. The molecular formula is C11H9BrN4O3S. The summed E-state index contributed by atoms with van der Waals surface area (Å²) in [7, 11) is 0. The van der Waals surface area contributed by atoms with Crippen LogP contribution in [0.5, 0.6) is 0 Å². The van der Waals surface area contributed by atoms with Crippen molar-refractivity contribution in [2.75, 3.05) is 5.75 Å².